The van der Waals surface area contributed by atoms with Crippen molar-refractivity contribution < 1.29 is 14.6 Å². The lowest BCUT2D eigenvalue weighted by atomic mass is 9.78. The van der Waals surface area contributed by atoms with Gasteiger partial charge < -0.3 is 9.84 Å². The molecule has 1 N–H and O–H groups in total. The summed E-state index contributed by atoms with van der Waals surface area (Å²) < 4.78 is 6.18. The quantitative estimate of drug-likeness (QED) is 0.926. The van der Waals surface area contributed by atoms with Crippen LogP contribution in [0, 0.1) is 6.92 Å². The Balaban J connectivity index is 2.58. The Morgan fingerprint density at radius 3 is 2.50 bits per heavy atom. The average molecular weight is 313 g/mol. The van der Waals surface area contributed by atoms with Crippen LogP contribution in [-0.4, -0.2) is 18.2 Å². The van der Waals surface area contributed by atoms with Crippen LogP contribution in [0.15, 0.2) is 16.6 Å². The minimum absolute atomic E-state index is 0.702. The monoisotopic (exact) mass is 312 g/mol. The van der Waals surface area contributed by atoms with Crippen molar-refractivity contribution in [3.63, 3.8) is 0 Å². The van der Waals surface area contributed by atoms with E-state index in [4.69, 9.17) is 4.74 Å². The molecule has 1 saturated carbocycles. The van der Waals surface area contributed by atoms with E-state index in [1.165, 1.54) is 0 Å². The highest BCUT2D eigenvalue weighted by Gasteiger charge is 2.44. The van der Waals surface area contributed by atoms with Crippen LogP contribution in [0.5, 0.6) is 5.75 Å². The van der Waals surface area contributed by atoms with E-state index < -0.39 is 11.4 Å². The summed E-state index contributed by atoms with van der Waals surface area (Å²) in [5.74, 6) is 0.0207. The van der Waals surface area contributed by atoms with E-state index in [1.54, 1.807) is 7.11 Å². The Labute approximate surface area is 115 Å². The summed E-state index contributed by atoms with van der Waals surface area (Å²) in [5.41, 5.74) is 1.10. The van der Waals surface area contributed by atoms with Gasteiger partial charge in [0.2, 0.25) is 0 Å². The van der Waals surface area contributed by atoms with E-state index >= 15 is 0 Å². The minimum atomic E-state index is -0.750. The molecule has 0 spiro atoms. The number of carboxylic acids is 1. The molecule has 0 amide bonds. The normalized spacial score (nSPS) is 17.7. The molecule has 0 unspecified atom stereocenters. The lowest BCUT2D eigenvalue weighted by Gasteiger charge is -2.26. The van der Waals surface area contributed by atoms with Gasteiger partial charge >= 0.3 is 5.97 Å². The first-order chi connectivity index (χ1) is 8.51. The van der Waals surface area contributed by atoms with Crippen LogP contribution in [0.1, 0.15) is 36.8 Å². The van der Waals surface area contributed by atoms with Crippen molar-refractivity contribution in [3.8, 4) is 5.75 Å². The molecule has 98 valence electrons. The second kappa shape index (κ2) is 4.92. The lowest BCUT2D eigenvalue weighted by Crippen LogP contribution is -2.33. The highest BCUT2D eigenvalue weighted by atomic mass is 79.9. The van der Waals surface area contributed by atoms with Gasteiger partial charge in [0.1, 0.15) is 5.75 Å². The molecule has 1 aromatic carbocycles. The molecule has 0 saturated heterocycles. The predicted molar refractivity (Wildman–Crippen MR) is 73.2 cm³/mol. The third kappa shape index (κ3) is 2.03. The number of ether oxygens (including phenoxy) is 1. The number of carbonyl (C=O) groups is 1. The Morgan fingerprint density at radius 1 is 1.39 bits per heavy atom. The SMILES string of the molecule is COc1cc(C2(C(=O)O)CCCC2)c(Br)cc1C. The topological polar surface area (TPSA) is 46.5 Å². The average Bonchev–Trinajstić information content (AvgIpc) is 2.79. The maximum Gasteiger partial charge on any atom is 0.314 e. The maximum absolute atomic E-state index is 11.7. The summed E-state index contributed by atoms with van der Waals surface area (Å²) in [5, 5.41) is 9.61. The molecule has 3 nitrogen and oxygen atoms in total. The smallest absolute Gasteiger partial charge is 0.314 e. The van der Waals surface area contributed by atoms with Crippen LogP contribution in [0.2, 0.25) is 0 Å². The number of hydrogen-bond acceptors (Lipinski definition) is 2. The molecule has 0 bridgehead atoms. The molecule has 4 heteroatoms. The zero-order valence-electron chi connectivity index (χ0n) is 10.6. The van der Waals surface area contributed by atoms with Crippen LogP contribution in [0.4, 0.5) is 0 Å². The largest absolute Gasteiger partial charge is 0.496 e. The van der Waals surface area contributed by atoms with Crippen LogP contribution in [-0.2, 0) is 10.2 Å². The number of aliphatic carboxylic acids is 1. The molecule has 1 aliphatic rings. The van der Waals surface area contributed by atoms with Crippen molar-refractivity contribution in [3.05, 3.63) is 27.7 Å². The van der Waals surface area contributed by atoms with Crippen LogP contribution >= 0.6 is 15.9 Å². The maximum atomic E-state index is 11.7. The molecule has 2 rings (SSSR count). The first-order valence-electron chi connectivity index (χ1n) is 6.09. The van der Waals surface area contributed by atoms with E-state index in [2.05, 4.69) is 15.9 Å². The summed E-state index contributed by atoms with van der Waals surface area (Å²) in [4.78, 5) is 11.7. The van der Waals surface area contributed by atoms with Gasteiger partial charge in [0.15, 0.2) is 0 Å². The number of carboxylic acid groups (broad SMARTS) is 1. The Morgan fingerprint density at radius 2 is 2.00 bits per heavy atom. The fraction of sp³-hybridized carbons (Fsp3) is 0.500. The third-order valence-corrected chi connectivity index (χ3v) is 4.52. The first kappa shape index (κ1) is 13.4. The van der Waals surface area contributed by atoms with Crippen molar-refractivity contribution in [1.82, 2.24) is 0 Å². The first-order valence-corrected chi connectivity index (χ1v) is 6.88. The van der Waals surface area contributed by atoms with Gasteiger partial charge in [0, 0.05) is 4.47 Å². The van der Waals surface area contributed by atoms with Gasteiger partial charge in [-0.15, -0.1) is 0 Å². The van der Waals surface area contributed by atoms with E-state index in [9.17, 15) is 9.90 Å². The van der Waals surface area contributed by atoms with Crippen LogP contribution in [0.3, 0.4) is 0 Å². The molecule has 0 radical (unpaired) electrons. The molecule has 0 aromatic heterocycles. The summed E-state index contributed by atoms with van der Waals surface area (Å²) in [6.45, 7) is 1.95. The summed E-state index contributed by atoms with van der Waals surface area (Å²) in [6.07, 6.45) is 3.34. The lowest BCUT2D eigenvalue weighted by molar-refractivity contribution is -0.143. The van der Waals surface area contributed by atoms with Gasteiger partial charge in [-0.25, -0.2) is 0 Å². The van der Waals surface area contributed by atoms with Crippen LogP contribution < -0.4 is 4.74 Å². The van der Waals surface area contributed by atoms with E-state index in [0.29, 0.717) is 12.8 Å². The molecule has 0 heterocycles. The van der Waals surface area contributed by atoms with Gasteiger partial charge in [-0.1, -0.05) is 28.8 Å². The van der Waals surface area contributed by atoms with Crippen molar-refractivity contribution in [2.45, 2.75) is 38.0 Å². The highest BCUT2D eigenvalue weighted by molar-refractivity contribution is 9.10. The minimum Gasteiger partial charge on any atom is -0.496 e. The fourth-order valence-corrected chi connectivity index (χ4v) is 3.65. The Bertz CT molecular complexity index is 476. The zero-order chi connectivity index (χ0) is 13.3. The van der Waals surface area contributed by atoms with E-state index in [1.807, 2.05) is 19.1 Å². The molecule has 1 aliphatic carbocycles. The molecule has 0 atom stereocenters. The molecule has 1 aromatic rings. The van der Waals surface area contributed by atoms with Gasteiger partial charge in [0.05, 0.1) is 12.5 Å². The second-order valence-corrected chi connectivity index (χ2v) is 5.75. The number of hydrogen-bond donors (Lipinski definition) is 1. The molecular formula is C14H17BrO3. The summed E-state index contributed by atoms with van der Waals surface area (Å²) in [6, 6.07) is 3.82. The number of halogens is 1. The van der Waals surface area contributed by atoms with Crippen molar-refractivity contribution in [2.75, 3.05) is 7.11 Å². The number of rotatable bonds is 3. The van der Waals surface area contributed by atoms with Gasteiger partial charge in [-0.3, -0.25) is 4.79 Å². The van der Waals surface area contributed by atoms with Crippen molar-refractivity contribution in [2.24, 2.45) is 0 Å². The molecule has 0 aliphatic heterocycles. The Hall–Kier alpha value is -1.03. The van der Waals surface area contributed by atoms with E-state index in [-0.39, 0.29) is 0 Å². The zero-order valence-corrected chi connectivity index (χ0v) is 12.2. The van der Waals surface area contributed by atoms with Gasteiger partial charge in [-0.05, 0) is 43.0 Å². The van der Waals surface area contributed by atoms with Crippen LogP contribution in [0.25, 0.3) is 0 Å². The summed E-state index contributed by atoms with van der Waals surface area (Å²) in [7, 11) is 1.61. The number of benzene rings is 1. The molecule has 18 heavy (non-hydrogen) atoms. The second-order valence-electron chi connectivity index (χ2n) is 4.90. The molecule has 1 fully saturated rings. The van der Waals surface area contributed by atoms with Crippen molar-refractivity contribution >= 4 is 21.9 Å². The fourth-order valence-electron chi connectivity index (χ4n) is 2.82. The predicted octanol–water partition coefficient (Wildman–Crippen LogP) is 3.66. The van der Waals surface area contributed by atoms with E-state index in [0.717, 1.165) is 34.2 Å². The Kier molecular flexibility index (Phi) is 3.66. The number of aryl methyl sites for hydroxylation is 1. The van der Waals surface area contributed by atoms with Crippen molar-refractivity contribution in [1.29, 1.82) is 0 Å². The highest BCUT2D eigenvalue weighted by Crippen LogP contribution is 2.45. The number of methoxy groups -OCH3 is 1. The molecular weight excluding hydrogens is 296 g/mol. The standard InChI is InChI=1S/C14H17BrO3/c1-9-7-11(15)10(8-12(9)18-2)14(13(16)17)5-3-4-6-14/h7-8H,3-6H2,1-2H3,(H,16,17). The van der Waals surface area contributed by atoms with Gasteiger partial charge in [0.25, 0.3) is 0 Å². The summed E-state index contributed by atoms with van der Waals surface area (Å²) >= 11 is 3.51. The van der Waals surface area contributed by atoms with Gasteiger partial charge in [-0.2, -0.15) is 0 Å². The third-order valence-electron chi connectivity index (χ3n) is 3.87.